The number of pyridine rings is 1. The maximum atomic E-state index is 9.49. The minimum Gasteiger partial charge on any atom is -0.392 e. The topological polar surface area (TPSA) is 36.4 Å². The van der Waals surface area contributed by atoms with Crippen LogP contribution in [-0.2, 0) is 13.2 Å². The van der Waals surface area contributed by atoms with Crippen LogP contribution in [0.15, 0.2) is 47.1 Å². The second-order valence-electron chi connectivity index (χ2n) is 4.27. The average molecular weight is 321 g/mol. The molecule has 0 spiro atoms. The largest absolute Gasteiger partial charge is 0.392 e. The molecule has 0 bridgehead atoms. The van der Waals surface area contributed by atoms with Gasteiger partial charge < -0.3 is 10.0 Å². The zero-order chi connectivity index (χ0) is 13.7. The molecule has 1 N–H and O–H groups in total. The first-order chi connectivity index (χ1) is 9.24. The van der Waals surface area contributed by atoms with Gasteiger partial charge in [0.1, 0.15) is 0 Å². The van der Waals surface area contributed by atoms with Crippen molar-refractivity contribution in [3.8, 4) is 0 Å². The Labute approximate surface area is 122 Å². The van der Waals surface area contributed by atoms with Crippen LogP contribution in [0.1, 0.15) is 18.2 Å². The number of aliphatic hydroxyl groups excluding tert-OH is 1. The van der Waals surface area contributed by atoms with E-state index in [0.29, 0.717) is 0 Å². The van der Waals surface area contributed by atoms with E-state index < -0.39 is 0 Å². The minimum atomic E-state index is 0.0352. The van der Waals surface area contributed by atoms with Gasteiger partial charge in [0.2, 0.25) is 0 Å². The number of aliphatic hydroxyl groups is 1. The highest BCUT2D eigenvalue weighted by Crippen LogP contribution is 2.25. The molecule has 2 rings (SSSR count). The van der Waals surface area contributed by atoms with Crippen molar-refractivity contribution in [1.82, 2.24) is 4.98 Å². The van der Waals surface area contributed by atoms with Crippen molar-refractivity contribution in [2.45, 2.75) is 20.1 Å². The third kappa shape index (κ3) is 3.55. The lowest BCUT2D eigenvalue weighted by Crippen LogP contribution is -2.23. The van der Waals surface area contributed by atoms with Crippen molar-refractivity contribution in [2.75, 3.05) is 11.4 Å². The normalized spacial score (nSPS) is 10.5. The summed E-state index contributed by atoms with van der Waals surface area (Å²) in [6, 6.07) is 11.9. The molecule has 2 aromatic rings. The molecular weight excluding hydrogens is 304 g/mol. The van der Waals surface area contributed by atoms with Crippen LogP contribution in [0.3, 0.4) is 0 Å². The number of benzene rings is 1. The Morgan fingerprint density at radius 1 is 1.26 bits per heavy atom. The van der Waals surface area contributed by atoms with Crippen molar-refractivity contribution in [3.05, 3.63) is 58.3 Å². The van der Waals surface area contributed by atoms with Gasteiger partial charge in [-0.2, -0.15) is 0 Å². The van der Waals surface area contributed by atoms with Gasteiger partial charge in [0, 0.05) is 28.5 Å². The van der Waals surface area contributed by atoms with Gasteiger partial charge in [0.05, 0.1) is 18.8 Å². The fourth-order valence-electron chi connectivity index (χ4n) is 2.04. The van der Waals surface area contributed by atoms with Gasteiger partial charge >= 0.3 is 0 Å². The molecule has 3 nitrogen and oxygen atoms in total. The van der Waals surface area contributed by atoms with Crippen LogP contribution in [-0.4, -0.2) is 16.6 Å². The maximum Gasteiger partial charge on any atom is 0.0702 e. The molecule has 100 valence electrons. The summed E-state index contributed by atoms with van der Waals surface area (Å²) in [6.45, 7) is 3.75. The summed E-state index contributed by atoms with van der Waals surface area (Å²) in [5.41, 5.74) is 3.00. The quantitative estimate of drug-likeness (QED) is 0.917. The Morgan fingerprint density at radius 2 is 2.11 bits per heavy atom. The summed E-state index contributed by atoms with van der Waals surface area (Å²) >= 11 is 3.43. The van der Waals surface area contributed by atoms with Crippen molar-refractivity contribution >= 4 is 21.6 Å². The highest BCUT2D eigenvalue weighted by molar-refractivity contribution is 9.10. The predicted octanol–water partition coefficient (Wildman–Crippen LogP) is 3.36. The number of anilines is 1. The number of aromatic nitrogens is 1. The van der Waals surface area contributed by atoms with Gasteiger partial charge in [0.25, 0.3) is 0 Å². The lowest BCUT2D eigenvalue weighted by Gasteiger charge is -2.25. The Hall–Kier alpha value is -1.39. The monoisotopic (exact) mass is 320 g/mol. The fourth-order valence-corrected chi connectivity index (χ4v) is 2.45. The average Bonchev–Trinajstić information content (AvgIpc) is 2.46. The van der Waals surface area contributed by atoms with Crippen LogP contribution in [0.5, 0.6) is 0 Å². The van der Waals surface area contributed by atoms with Crippen molar-refractivity contribution in [1.29, 1.82) is 0 Å². The molecule has 19 heavy (non-hydrogen) atoms. The number of halogens is 1. The Kier molecular flexibility index (Phi) is 4.93. The molecule has 1 heterocycles. The zero-order valence-corrected chi connectivity index (χ0v) is 12.5. The van der Waals surface area contributed by atoms with E-state index in [1.165, 1.54) is 0 Å². The van der Waals surface area contributed by atoms with Gasteiger partial charge in [-0.1, -0.05) is 22.0 Å². The molecule has 0 aliphatic rings. The van der Waals surface area contributed by atoms with Gasteiger partial charge in [0.15, 0.2) is 0 Å². The van der Waals surface area contributed by atoms with Crippen molar-refractivity contribution in [3.63, 3.8) is 0 Å². The van der Waals surface area contributed by atoms with Gasteiger partial charge in [-0.05, 0) is 37.3 Å². The molecule has 0 unspecified atom stereocenters. The maximum absolute atomic E-state index is 9.49. The molecule has 4 heteroatoms. The third-order valence-electron chi connectivity index (χ3n) is 3.01. The summed E-state index contributed by atoms with van der Waals surface area (Å²) < 4.78 is 0.981. The zero-order valence-electron chi connectivity index (χ0n) is 10.9. The fraction of sp³-hybridized carbons (Fsp3) is 0.267. The SMILES string of the molecule is CCN(Cc1ccccn1)c1ccc(Br)cc1CO. The van der Waals surface area contributed by atoms with E-state index >= 15 is 0 Å². The molecular formula is C15H17BrN2O. The lowest BCUT2D eigenvalue weighted by atomic mass is 10.1. The van der Waals surface area contributed by atoms with Crippen LogP contribution >= 0.6 is 15.9 Å². The van der Waals surface area contributed by atoms with E-state index in [2.05, 4.69) is 32.7 Å². The lowest BCUT2D eigenvalue weighted by molar-refractivity contribution is 0.282. The highest BCUT2D eigenvalue weighted by Gasteiger charge is 2.10. The van der Waals surface area contributed by atoms with Gasteiger partial charge in [-0.15, -0.1) is 0 Å². The van der Waals surface area contributed by atoms with Crippen LogP contribution in [0, 0.1) is 0 Å². The molecule has 0 saturated heterocycles. The minimum absolute atomic E-state index is 0.0352. The summed E-state index contributed by atoms with van der Waals surface area (Å²) in [6.07, 6.45) is 1.80. The Morgan fingerprint density at radius 3 is 2.74 bits per heavy atom. The molecule has 0 aliphatic heterocycles. The molecule has 1 aromatic heterocycles. The number of nitrogens with zero attached hydrogens (tertiary/aromatic N) is 2. The highest BCUT2D eigenvalue weighted by atomic mass is 79.9. The van der Waals surface area contributed by atoms with E-state index in [0.717, 1.165) is 34.5 Å². The summed E-state index contributed by atoms with van der Waals surface area (Å²) in [5.74, 6) is 0. The molecule has 0 saturated carbocycles. The van der Waals surface area contributed by atoms with E-state index in [1.54, 1.807) is 6.20 Å². The molecule has 0 atom stereocenters. The molecule has 0 aliphatic carbocycles. The second-order valence-corrected chi connectivity index (χ2v) is 5.18. The van der Waals surface area contributed by atoms with Crippen LogP contribution in [0.4, 0.5) is 5.69 Å². The molecule has 0 radical (unpaired) electrons. The third-order valence-corrected chi connectivity index (χ3v) is 3.51. The summed E-state index contributed by atoms with van der Waals surface area (Å²) in [5, 5.41) is 9.49. The molecule has 0 amide bonds. The first kappa shape index (κ1) is 14.0. The second kappa shape index (κ2) is 6.68. The first-order valence-electron chi connectivity index (χ1n) is 6.28. The number of rotatable bonds is 5. The number of hydrogen-bond donors (Lipinski definition) is 1. The van der Waals surface area contributed by atoms with E-state index in [9.17, 15) is 5.11 Å². The smallest absolute Gasteiger partial charge is 0.0702 e. The van der Waals surface area contributed by atoms with Crippen LogP contribution < -0.4 is 4.90 Å². The van der Waals surface area contributed by atoms with Gasteiger partial charge in [-0.25, -0.2) is 0 Å². The van der Waals surface area contributed by atoms with Crippen LogP contribution in [0.25, 0.3) is 0 Å². The molecule has 0 fully saturated rings. The summed E-state index contributed by atoms with van der Waals surface area (Å²) in [4.78, 5) is 6.56. The van der Waals surface area contributed by atoms with E-state index in [-0.39, 0.29) is 6.61 Å². The van der Waals surface area contributed by atoms with E-state index in [1.807, 2.05) is 36.4 Å². The summed E-state index contributed by atoms with van der Waals surface area (Å²) in [7, 11) is 0. The van der Waals surface area contributed by atoms with Crippen molar-refractivity contribution < 1.29 is 5.11 Å². The van der Waals surface area contributed by atoms with Crippen LogP contribution in [0.2, 0.25) is 0 Å². The number of hydrogen-bond acceptors (Lipinski definition) is 3. The standard InChI is InChI=1S/C15H17BrN2O/c1-2-18(10-14-5-3-4-8-17-14)15-7-6-13(16)9-12(15)11-19/h3-9,19H,2,10-11H2,1H3. The predicted molar refractivity (Wildman–Crippen MR) is 81.0 cm³/mol. The Bertz CT molecular complexity index is 531. The molecule has 1 aromatic carbocycles. The van der Waals surface area contributed by atoms with Gasteiger partial charge in [-0.3, -0.25) is 4.98 Å². The van der Waals surface area contributed by atoms with Crippen molar-refractivity contribution in [2.24, 2.45) is 0 Å². The Balaban J connectivity index is 2.27. The first-order valence-corrected chi connectivity index (χ1v) is 7.08. The van der Waals surface area contributed by atoms with E-state index in [4.69, 9.17) is 0 Å².